The molecule has 3 rings (SSSR count). The van der Waals surface area contributed by atoms with E-state index < -0.39 is 0 Å². The first kappa shape index (κ1) is 18.7. The molecule has 1 heterocycles. The van der Waals surface area contributed by atoms with Crippen LogP contribution in [-0.2, 0) is 9.59 Å². The van der Waals surface area contributed by atoms with Gasteiger partial charge in [0, 0.05) is 30.6 Å². The first-order valence-corrected chi connectivity index (χ1v) is 8.51. The maximum Gasteiger partial charge on any atom is 0.227 e. The Morgan fingerprint density at radius 1 is 1.38 bits per heavy atom. The summed E-state index contributed by atoms with van der Waals surface area (Å²) in [5.41, 5.74) is 7.84. The molecule has 24 heavy (non-hydrogen) atoms. The molecule has 1 aromatic carbocycles. The number of amides is 2. The van der Waals surface area contributed by atoms with Crippen LogP contribution in [0.1, 0.15) is 50.6 Å². The summed E-state index contributed by atoms with van der Waals surface area (Å²) < 4.78 is 0. The molecule has 1 saturated heterocycles. The highest BCUT2D eigenvalue weighted by molar-refractivity contribution is 5.95. The largest absolute Gasteiger partial charge is 0.349 e. The van der Waals surface area contributed by atoms with Gasteiger partial charge in [-0.2, -0.15) is 0 Å². The number of carbonyl (C=O) groups excluding carboxylic acids is 2. The van der Waals surface area contributed by atoms with Crippen molar-refractivity contribution in [3.63, 3.8) is 0 Å². The fourth-order valence-electron chi connectivity index (χ4n) is 3.55. The second kappa shape index (κ2) is 7.99. The normalized spacial score (nSPS) is 24.6. The van der Waals surface area contributed by atoms with Gasteiger partial charge in [-0.05, 0) is 50.3 Å². The van der Waals surface area contributed by atoms with Gasteiger partial charge in [0.05, 0.1) is 6.04 Å². The van der Waals surface area contributed by atoms with Gasteiger partial charge in [0.15, 0.2) is 0 Å². The van der Waals surface area contributed by atoms with E-state index in [0.717, 1.165) is 43.5 Å². The summed E-state index contributed by atoms with van der Waals surface area (Å²) in [6, 6.07) is 7.99. The Labute approximate surface area is 149 Å². The predicted octanol–water partition coefficient (Wildman–Crippen LogP) is 2.54. The molecule has 3 unspecified atom stereocenters. The lowest BCUT2D eigenvalue weighted by Crippen LogP contribution is -2.32. The minimum atomic E-state index is -0.0722. The molecule has 0 aromatic heterocycles. The number of nitrogens with one attached hydrogen (secondary N) is 1. The van der Waals surface area contributed by atoms with E-state index in [1.807, 2.05) is 36.1 Å². The third-order valence-electron chi connectivity index (χ3n) is 4.96. The van der Waals surface area contributed by atoms with Crippen molar-refractivity contribution in [3.05, 3.63) is 29.8 Å². The summed E-state index contributed by atoms with van der Waals surface area (Å²) in [5, 5.41) is 3.09. The highest BCUT2D eigenvalue weighted by Crippen LogP contribution is 2.27. The molecule has 1 saturated carbocycles. The molecule has 0 spiro atoms. The molecule has 5 nitrogen and oxygen atoms in total. The van der Waals surface area contributed by atoms with Gasteiger partial charge in [0.25, 0.3) is 0 Å². The van der Waals surface area contributed by atoms with E-state index in [4.69, 9.17) is 5.73 Å². The van der Waals surface area contributed by atoms with Gasteiger partial charge in [-0.15, -0.1) is 12.4 Å². The number of hydrogen-bond acceptors (Lipinski definition) is 3. The molecule has 1 aromatic rings. The molecule has 0 bridgehead atoms. The molecule has 2 amide bonds. The van der Waals surface area contributed by atoms with Crippen molar-refractivity contribution >= 4 is 29.9 Å². The number of benzene rings is 1. The van der Waals surface area contributed by atoms with Crippen LogP contribution >= 0.6 is 12.4 Å². The van der Waals surface area contributed by atoms with Crippen LogP contribution in [0.3, 0.4) is 0 Å². The van der Waals surface area contributed by atoms with E-state index in [1.165, 1.54) is 0 Å². The Bertz CT molecular complexity index is 608. The van der Waals surface area contributed by atoms with Crippen molar-refractivity contribution in [2.24, 2.45) is 11.7 Å². The Kier molecular flexibility index (Phi) is 6.24. The zero-order valence-corrected chi connectivity index (χ0v) is 14.8. The van der Waals surface area contributed by atoms with Crippen LogP contribution in [0.2, 0.25) is 0 Å². The number of rotatable bonds is 4. The smallest absolute Gasteiger partial charge is 0.227 e. The molecule has 3 atom stereocenters. The summed E-state index contributed by atoms with van der Waals surface area (Å²) >= 11 is 0. The van der Waals surface area contributed by atoms with Crippen LogP contribution in [-0.4, -0.2) is 24.4 Å². The first-order chi connectivity index (χ1) is 11.0. The highest BCUT2D eigenvalue weighted by Gasteiger charge is 2.28. The van der Waals surface area contributed by atoms with E-state index >= 15 is 0 Å². The number of nitrogens with zero attached hydrogens (tertiary/aromatic N) is 1. The van der Waals surface area contributed by atoms with Crippen molar-refractivity contribution in [2.45, 2.75) is 51.1 Å². The molecule has 2 aliphatic rings. The van der Waals surface area contributed by atoms with Crippen LogP contribution in [0.15, 0.2) is 24.3 Å². The predicted molar refractivity (Wildman–Crippen MR) is 97.2 cm³/mol. The van der Waals surface area contributed by atoms with E-state index in [2.05, 4.69) is 5.32 Å². The van der Waals surface area contributed by atoms with E-state index in [-0.39, 0.29) is 42.2 Å². The molecule has 1 aliphatic heterocycles. The van der Waals surface area contributed by atoms with E-state index in [1.54, 1.807) is 0 Å². The SMILES string of the molecule is CC(NC(=O)C1CCC(N)C1)c1cccc(N2CCCC2=O)c1.Cl. The topological polar surface area (TPSA) is 75.4 Å². The number of anilines is 1. The molecule has 1 aliphatic carbocycles. The Balaban J connectivity index is 0.00000208. The van der Waals surface area contributed by atoms with Gasteiger partial charge in [-0.1, -0.05) is 12.1 Å². The monoisotopic (exact) mass is 351 g/mol. The summed E-state index contributed by atoms with van der Waals surface area (Å²) in [6.45, 7) is 2.76. The molecule has 132 valence electrons. The zero-order chi connectivity index (χ0) is 16.4. The lowest BCUT2D eigenvalue weighted by molar-refractivity contribution is -0.125. The summed E-state index contributed by atoms with van der Waals surface area (Å²) in [4.78, 5) is 26.0. The lowest BCUT2D eigenvalue weighted by atomic mass is 10.0. The first-order valence-electron chi connectivity index (χ1n) is 8.51. The van der Waals surface area contributed by atoms with Gasteiger partial charge in [-0.25, -0.2) is 0 Å². The number of halogens is 1. The van der Waals surface area contributed by atoms with Gasteiger partial charge < -0.3 is 16.0 Å². The average molecular weight is 352 g/mol. The molecule has 0 radical (unpaired) electrons. The molecule has 3 N–H and O–H groups in total. The third kappa shape index (κ3) is 4.08. The van der Waals surface area contributed by atoms with Crippen LogP contribution in [0.5, 0.6) is 0 Å². The maximum atomic E-state index is 12.3. The Morgan fingerprint density at radius 3 is 2.79 bits per heavy atom. The van der Waals surface area contributed by atoms with Gasteiger partial charge >= 0.3 is 0 Å². The number of carbonyl (C=O) groups is 2. The Morgan fingerprint density at radius 2 is 2.17 bits per heavy atom. The number of hydrogen-bond donors (Lipinski definition) is 2. The van der Waals surface area contributed by atoms with E-state index in [9.17, 15) is 9.59 Å². The second-order valence-corrected chi connectivity index (χ2v) is 6.74. The zero-order valence-electron chi connectivity index (χ0n) is 14.0. The van der Waals surface area contributed by atoms with Crippen LogP contribution in [0.25, 0.3) is 0 Å². The van der Waals surface area contributed by atoms with Gasteiger partial charge in [0.1, 0.15) is 0 Å². The summed E-state index contributed by atoms with van der Waals surface area (Å²) in [6.07, 6.45) is 4.12. The molecular weight excluding hydrogens is 326 g/mol. The molecule has 6 heteroatoms. The third-order valence-corrected chi connectivity index (χ3v) is 4.96. The van der Waals surface area contributed by atoms with Crippen LogP contribution < -0.4 is 16.0 Å². The average Bonchev–Trinajstić information content (AvgIpc) is 3.16. The van der Waals surface area contributed by atoms with Crippen molar-refractivity contribution in [1.29, 1.82) is 0 Å². The Hall–Kier alpha value is -1.59. The van der Waals surface area contributed by atoms with Crippen molar-refractivity contribution in [2.75, 3.05) is 11.4 Å². The minimum absolute atomic E-state index is 0. The van der Waals surface area contributed by atoms with Crippen molar-refractivity contribution in [3.8, 4) is 0 Å². The van der Waals surface area contributed by atoms with Crippen LogP contribution in [0.4, 0.5) is 5.69 Å². The lowest BCUT2D eigenvalue weighted by Gasteiger charge is -2.21. The second-order valence-electron chi connectivity index (χ2n) is 6.74. The van der Waals surface area contributed by atoms with Crippen LogP contribution in [0, 0.1) is 5.92 Å². The molecular formula is C18H26ClN3O2. The highest BCUT2D eigenvalue weighted by atomic mass is 35.5. The van der Waals surface area contributed by atoms with Crippen molar-refractivity contribution < 1.29 is 9.59 Å². The standard InChI is InChI=1S/C18H25N3O2.ClH/c1-12(20-18(23)14-7-8-15(19)10-14)13-4-2-5-16(11-13)21-9-3-6-17(21)22;/h2,4-5,11-12,14-15H,3,6-10,19H2,1H3,(H,20,23);1H. The van der Waals surface area contributed by atoms with E-state index in [0.29, 0.717) is 6.42 Å². The summed E-state index contributed by atoms with van der Waals surface area (Å²) in [5.74, 6) is 0.308. The maximum absolute atomic E-state index is 12.3. The van der Waals surface area contributed by atoms with Gasteiger partial charge in [0.2, 0.25) is 11.8 Å². The number of nitrogens with two attached hydrogens (primary N) is 1. The summed E-state index contributed by atoms with van der Waals surface area (Å²) in [7, 11) is 0. The fourth-order valence-corrected chi connectivity index (χ4v) is 3.55. The molecule has 2 fully saturated rings. The minimum Gasteiger partial charge on any atom is -0.349 e. The van der Waals surface area contributed by atoms with Gasteiger partial charge in [-0.3, -0.25) is 9.59 Å². The fraction of sp³-hybridized carbons (Fsp3) is 0.556. The van der Waals surface area contributed by atoms with Crippen molar-refractivity contribution in [1.82, 2.24) is 5.32 Å². The quantitative estimate of drug-likeness (QED) is 0.875.